The number of carbonyl (C=O) groups is 2. The number of aromatic nitrogens is 1. The number of aromatic carboxylic acids is 1. The van der Waals surface area contributed by atoms with Gasteiger partial charge in [0.05, 0.1) is 6.10 Å². The van der Waals surface area contributed by atoms with Gasteiger partial charge in [-0.1, -0.05) is 18.2 Å². The first-order valence-corrected chi connectivity index (χ1v) is 7.85. The minimum absolute atomic E-state index is 0.156. The lowest BCUT2D eigenvalue weighted by molar-refractivity contribution is 0.0690. The number of nitrogens with zero attached hydrogens (tertiary/aromatic N) is 1. The highest BCUT2D eigenvalue weighted by Gasteiger charge is 2.20. The molecule has 0 bridgehead atoms. The Morgan fingerprint density at radius 3 is 2.75 bits per heavy atom. The Hall–Kier alpha value is -2.89. The number of hydrogen-bond donors (Lipinski definition) is 2. The van der Waals surface area contributed by atoms with Gasteiger partial charge < -0.3 is 15.2 Å². The van der Waals surface area contributed by atoms with Gasteiger partial charge in [0.2, 0.25) is 0 Å². The maximum absolute atomic E-state index is 12.2. The zero-order valence-electron chi connectivity index (χ0n) is 13.1. The summed E-state index contributed by atoms with van der Waals surface area (Å²) in [6.45, 7) is 0.312. The molecule has 0 atom stereocenters. The molecule has 1 aliphatic rings. The summed E-state index contributed by atoms with van der Waals surface area (Å²) >= 11 is 0. The van der Waals surface area contributed by atoms with Crippen molar-refractivity contribution in [1.82, 2.24) is 10.3 Å². The van der Waals surface area contributed by atoms with Crippen LogP contribution in [0.2, 0.25) is 0 Å². The van der Waals surface area contributed by atoms with Crippen molar-refractivity contribution in [3.63, 3.8) is 0 Å². The van der Waals surface area contributed by atoms with Crippen molar-refractivity contribution in [1.29, 1.82) is 0 Å². The third-order valence-corrected chi connectivity index (χ3v) is 4.00. The monoisotopic (exact) mass is 326 g/mol. The second-order valence-electron chi connectivity index (χ2n) is 5.70. The molecule has 1 aromatic heterocycles. The molecule has 1 aliphatic carbocycles. The fraction of sp³-hybridized carbons (Fsp3) is 0.278. The maximum atomic E-state index is 12.2. The summed E-state index contributed by atoms with van der Waals surface area (Å²) in [5.41, 5.74) is 1.00. The number of nitrogens with one attached hydrogen (secondary N) is 1. The van der Waals surface area contributed by atoms with Crippen LogP contribution in [0.3, 0.4) is 0 Å². The van der Waals surface area contributed by atoms with Crippen LogP contribution >= 0.6 is 0 Å². The molecule has 2 N–H and O–H groups in total. The van der Waals surface area contributed by atoms with Crippen molar-refractivity contribution in [2.45, 2.75) is 31.9 Å². The molecule has 0 unspecified atom stereocenters. The number of ether oxygens (including phenoxy) is 1. The highest BCUT2D eigenvalue weighted by molar-refractivity contribution is 5.96. The molecule has 1 aromatic carbocycles. The average Bonchev–Trinajstić information content (AvgIpc) is 2.57. The highest BCUT2D eigenvalue weighted by atomic mass is 16.5. The van der Waals surface area contributed by atoms with Gasteiger partial charge in [-0.3, -0.25) is 4.79 Å². The van der Waals surface area contributed by atoms with Gasteiger partial charge >= 0.3 is 5.97 Å². The van der Waals surface area contributed by atoms with Crippen LogP contribution in [0.15, 0.2) is 42.6 Å². The molecule has 1 saturated carbocycles. The smallest absolute Gasteiger partial charge is 0.354 e. The molecule has 0 saturated heterocycles. The number of benzene rings is 1. The van der Waals surface area contributed by atoms with Gasteiger partial charge in [0.15, 0.2) is 0 Å². The Morgan fingerprint density at radius 1 is 1.25 bits per heavy atom. The van der Waals surface area contributed by atoms with E-state index in [0.717, 1.165) is 24.2 Å². The van der Waals surface area contributed by atoms with Crippen LogP contribution in [-0.4, -0.2) is 28.1 Å². The SMILES string of the molecule is O=C(NCc1ccccc1OC1CCC1)c1ccnc(C(=O)O)c1. The van der Waals surface area contributed by atoms with E-state index in [2.05, 4.69) is 10.3 Å². The van der Waals surface area contributed by atoms with Crippen molar-refractivity contribution in [3.8, 4) is 5.75 Å². The van der Waals surface area contributed by atoms with E-state index in [1.165, 1.54) is 24.8 Å². The molecule has 124 valence electrons. The molecule has 0 spiro atoms. The summed E-state index contributed by atoms with van der Waals surface area (Å²) in [6.07, 6.45) is 4.90. The van der Waals surface area contributed by atoms with Crippen LogP contribution in [0.5, 0.6) is 5.75 Å². The van der Waals surface area contributed by atoms with E-state index in [0.29, 0.717) is 6.54 Å². The van der Waals surface area contributed by atoms with E-state index in [1.807, 2.05) is 24.3 Å². The molecule has 1 amide bonds. The Kier molecular flexibility index (Phi) is 4.74. The number of carboxylic acids is 1. The third-order valence-electron chi connectivity index (χ3n) is 4.00. The Balaban J connectivity index is 1.66. The molecule has 1 heterocycles. The van der Waals surface area contributed by atoms with Gasteiger partial charge in [0.1, 0.15) is 11.4 Å². The van der Waals surface area contributed by atoms with Gasteiger partial charge in [-0.25, -0.2) is 9.78 Å². The predicted molar refractivity (Wildman–Crippen MR) is 87.1 cm³/mol. The first kappa shape index (κ1) is 16.0. The summed E-state index contributed by atoms with van der Waals surface area (Å²) in [5, 5.41) is 11.7. The normalized spacial score (nSPS) is 13.8. The van der Waals surface area contributed by atoms with E-state index in [4.69, 9.17) is 9.84 Å². The van der Waals surface area contributed by atoms with Gasteiger partial charge in [-0.05, 0) is 37.5 Å². The van der Waals surface area contributed by atoms with Crippen LogP contribution in [-0.2, 0) is 6.54 Å². The minimum atomic E-state index is -1.16. The third kappa shape index (κ3) is 3.71. The van der Waals surface area contributed by atoms with Crippen molar-refractivity contribution < 1.29 is 19.4 Å². The molecule has 6 heteroatoms. The first-order chi connectivity index (χ1) is 11.6. The van der Waals surface area contributed by atoms with Gasteiger partial charge in [-0.2, -0.15) is 0 Å². The summed E-state index contributed by atoms with van der Waals surface area (Å²) < 4.78 is 5.93. The quantitative estimate of drug-likeness (QED) is 0.852. The molecule has 6 nitrogen and oxygen atoms in total. The summed E-state index contributed by atoms with van der Waals surface area (Å²) in [5.74, 6) is -0.731. The molecule has 24 heavy (non-hydrogen) atoms. The van der Waals surface area contributed by atoms with E-state index in [1.54, 1.807) is 0 Å². The van der Waals surface area contributed by atoms with Crippen molar-refractivity contribution in [2.75, 3.05) is 0 Å². The fourth-order valence-corrected chi connectivity index (χ4v) is 2.40. The summed E-state index contributed by atoms with van der Waals surface area (Å²) in [6, 6.07) is 10.3. The van der Waals surface area contributed by atoms with E-state index < -0.39 is 5.97 Å². The average molecular weight is 326 g/mol. The number of amides is 1. The Morgan fingerprint density at radius 2 is 2.04 bits per heavy atom. The number of carbonyl (C=O) groups excluding carboxylic acids is 1. The zero-order chi connectivity index (χ0) is 16.9. The van der Waals surface area contributed by atoms with Gasteiger partial charge in [0, 0.05) is 23.9 Å². The summed E-state index contributed by atoms with van der Waals surface area (Å²) in [4.78, 5) is 26.8. The van der Waals surface area contributed by atoms with E-state index in [-0.39, 0.29) is 23.3 Å². The van der Waals surface area contributed by atoms with Crippen LogP contribution in [0.4, 0.5) is 0 Å². The molecular formula is C18H18N2O4. The second kappa shape index (κ2) is 7.12. The topological polar surface area (TPSA) is 88.5 Å². The van der Waals surface area contributed by atoms with Gasteiger partial charge in [0.25, 0.3) is 5.91 Å². The lowest BCUT2D eigenvalue weighted by Crippen LogP contribution is -2.27. The maximum Gasteiger partial charge on any atom is 0.354 e. The van der Waals surface area contributed by atoms with Crippen LogP contribution < -0.4 is 10.1 Å². The molecule has 2 aromatic rings. The number of rotatable bonds is 6. The largest absolute Gasteiger partial charge is 0.490 e. The lowest BCUT2D eigenvalue weighted by Gasteiger charge is -2.27. The minimum Gasteiger partial charge on any atom is -0.490 e. The molecule has 3 rings (SSSR count). The standard InChI is InChI=1S/C18H18N2O4/c21-17(12-8-9-19-15(10-12)18(22)23)20-11-13-4-1-2-7-16(13)24-14-5-3-6-14/h1-2,4,7-10,14H,3,5-6,11H2,(H,20,21)(H,22,23). The summed E-state index contributed by atoms with van der Waals surface area (Å²) in [7, 11) is 0. The molecule has 0 radical (unpaired) electrons. The van der Waals surface area contributed by atoms with Gasteiger partial charge in [-0.15, -0.1) is 0 Å². The zero-order valence-corrected chi connectivity index (χ0v) is 13.1. The highest BCUT2D eigenvalue weighted by Crippen LogP contribution is 2.27. The number of carboxylic acid groups (broad SMARTS) is 1. The number of pyridine rings is 1. The second-order valence-corrected chi connectivity index (χ2v) is 5.70. The van der Waals surface area contributed by atoms with Crippen LogP contribution in [0.1, 0.15) is 45.7 Å². The Labute approximate surface area is 139 Å². The number of hydrogen-bond acceptors (Lipinski definition) is 4. The lowest BCUT2D eigenvalue weighted by atomic mass is 9.96. The van der Waals surface area contributed by atoms with Crippen molar-refractivity contribution in [3.05, 3.63) is 59.4 Å². The molecule has 0 aliphatic heterocycles. The fourth-order valence-electron chi connectivity index (χ4n) is 2.40. The van der Waals surface area contributed by atoms with E-state index >= 15 is 0 Å². The van der Waals surface area contributed by atoms with Crippen molar-refractivity contribution in [2.24, 2.45) is 0 Å². The molecule has 1 fully saturated rings. The first-order valence-electron chi connectivity index (χ1n) is 7.85. The van der Waals surface area contributed by atoms with Crippen LogP contribution in [0, 0.1) is 0 Å². The van der Waals surface area contributed by atoms with Crippen LogP contribution in [0.25, 0.3) is 0 Å². The predicted octanol–water partition coefficient (Wildman–Crippen LogP) is 2.64. The molecular weight excluding hydrogens is 308 g/mol. The van der Waals surface area contributed by atoms with Crippen molar-refractivity contribution >= 4 is 11.9 Å². The Bertz CT molecular complexity index is 756. The number of para-hydroxylation sites is 1. The van der Waals surface area contributed by atoms with E-state index in [9.17, 15) is 9.59 Å².